The molecule has 4 rings (SSSR count). The van der Waals surface area contributed by atoms with Gasteiger partial charge < -0.3 is 0 Å². The first-order valence-corrected chi connectivity index (χ1v) is 12.1. The second-order valence-electron chi connectivity index (χ2n) is 9.35. The molecule has 0 heterocycles. The van der Waals surface area contributed by atoms with Crippen molar-refractivity contribution in [2.45, 2.75) is 58.3 Å². The Hall–Kier alpha value is -2.88. The highest BCUT2D eigenvalue weighted by Gasteiger charge is 2.26. The fourth-order valence-electron chi connectivity index (χ4n) is 4.89. The summed E-state index contributed by atoms with van der Waals surface area (Å²) < 4.78 is 57.9. The van der Waals surface area contributed by atoms with Gasteiger partial charge in [0, 0.05) is 11.1 Å². The van der Waals surface area contributed by atoms with Gasteiger partial charge in [-0.1, -0.05) is 74.0 Å². The molecule has 1 aliphatic rings. The van der Waals surface area contributed by atoms with Crippen molar-refractivity contribution in [2.75, 3.05) is 0 Å². The normalized spacial score (nSPS) is 18.5. The third kappa shape index (κ3) is 5.11. The molecule has 0 atom stereocenters. The first-order chi connectivity index (χ1) is 16.4. The Morgan fingerprint density at radius 1 is 0.765 bits per heavy atom. The van der Waals surface area contributed by atoms with E-state index in [1.54, 1.807) is 30.3 Å². The smallest absolute Gasteiger partial charge is 0.166 e. The lowest BCUT2D eigenvalue weighted by Crippen LogP contribution is -2.13. The zero-order valence-electron chi connectivity index (χ0n) is 19.7. The molecule has 3 aromatic rings. The molecule has 0 N–H and O–H groups in total. The zero-order chi connectivity index (χ0) is 24.2. The Balaban J connectivity index is 1.43. The fraction of sp³-hybridized carbons (Fsp3) is 0.333. The number of rotatable bonds is 6. The number of benzene rings is 3. The highest BCUT2D eigenvalue weighted by atomic mass is 19.2. The molecule has 4 heteroatoms. The van der Waals surface area contributed by atoms with Crippen molar-refractivity contribution in [3.63, 3.8) is 0 Å². The van der Waals surface area contributed by atoms with Crippen molar-refractivity contribution >= 4 is 6.08 Å². The molecule has 34 heavy (non-hydrogen) atoms. The summed E-state index contributed by atoms with van der Waals surface area (Å²) in [6, 6.07) is 14.2. The van der Waals surface area contributed by atoms with Crippen molar-refractivity contribution < 1.29 is 17.6 Å². The molecule has 0 bridgehead atoms. The molecular formula is C30H30F4. The van der Waals surface area contributed by atoms with Gasteiger partial charge >= 0.3 is 0 Å². The van der Waals surface area contributed by atoms with E-state index in [1.807, 2.05) is 30.3 Å². The Labute approximate surface area is 199 Å². The van der Waals surface area contributed by atoms with Crippen molar-refractivity contribution in [1.82, 2.24) is 0 Å². The van der Waals surface area contributed by atoms with E-state index in [0.717, 1.165) is 38.5 Å². The number of hydrogen-bond acceptors (Lipinski definition) is 0. The van der Waals surface area contributed by atoms with Crippen LogP contribution in [-0.4, -0.2) is 0 Å². The Kier molecular flexibility index (Phi) is 7.55. The van der Waals surface area contributed by atoms with Gasteiger partial charge in [-0.25, -0.2) is 17.6 Å². The molecule has 0 nitrogen and oxygen atoms in total. The number of aryl methyl sites for hydroxylation is 2. The molecule has 1 saturated carbocycles. The van der Waals surface area contributed by atoms with Gasteiger partial charge in [-0.05, 0) is 73.1 Å². The van der Waals surface area contributed by atoms with E-state index < -0.39 is 23.3 Å². The summed E-state index contributed by atoms with van der Waals surface area (Å²) >= 11 is 0. The average molecular weight is 467 g/mol. The lowest BCUT2D eigenvalue weighted by Gasteiger charge is -2.27. The van der Waals surface area contributed by atoms with E-state index in [1.165, 1.54) is 12.5 Å². The Bertz CT molecular complexity index is 1170. The van der Waals surface area contributed by atoms with Gasteiger partial charge in [0.25, 0.3) is 0 Å². The summed E-state index contributed by atoms with van der Waals surface area (Å²) in [7, 11) is 0. The maximum atomic E-state index is 15.0. The van der Waals surface area contributed by atoms with Crippen LogP contribution in [-0.2, 0) is 6.42 Å². The lowest BCUT2D eigenvalue weighted by molar-refractivity contribution is 0.365. The lowest BCUT2D eigenvalue weighted by atomic mass is 9.78. The van der Waals surface area contributed by atoms with E-state index in [-0.39, 0.29) is 28.5 Å². The molecule has 0 spiro atoms. The molecule has 0 aliphatic heterocycles. The molecule has 0 unspecified atom stereocenters. The summed E-state index contributed by atoms with van der Waals surface area (Å²) in [5.41, 5.74) is 3.09. The van der Waals surface area contributed by atoms with Crippen molar-refractivity contribution in [2.24, 2.45) is 5.92 Å². The molecule has 0 aromatic heterocycles. The van der Waals surface area contributed by atoms with Crippen LogP contribution in [0, 0.1) is 36.1 Å². The van der Waals surface area contributed by atoms with Crippen LogP contribution in [0.5, 0.6) is 0 Å². The summed E-state index contributed by atoms with van der Waals surface area (Å²) in [6.07, 6.45) is 8.57. The predicted octanol–water partition coefficient (Wildman–Crippen LogP) is 9.16. The molecule has 0 saturated heterocycles. The molecule has 0 radical (unpaired) electrons. The number of allylic oxidation sites excluding steroid dienone is 1. The second-order valence-corrected chi connectivity index (χ2v) is 9.35. The minimum Gasteiger partial charge on any atom is -0.203 e. The van der Waals surface area contributed by atoms with Crippen LogP contribution in [0.4, 0.5) is 17.6 Å². The molecule has 1 aliphatic carbocycles. The van der Waals surface area contributed by atoms with E-state index >= 15 is 4.39 Å². The zero-order valence-corrected chi connectivity index (χ0v) is 19.7. The molecule has 178 valence electrons. The maximum Gasteiger partial charge on any atom is 0.166 e. The highest BCUT2D eigenvalue weighted by Crippen LogP contribution is 2.39. The topological polar surface area (TPSA) is 0 Å². The quantitative estimate of drug-likeness (QED) is 0.318. The molecule has 3 aromatic carbocycles. The van der Waals surface area contributed by atoms with E-state index in [4.69, 9.17) is 0 Å². The van der Waals surface area contributed by atoms with Gasteiger partial charge in [-0.3, -0.25) is 0 Å². The van der Waals surface area contributed by atoms with E-state index in [0.29, 0.717) is 11.1 Å². The maximum absolute atomic E-state index is 15.0. The first kappa shape index (κ1) is 24.3. The van der Waals surface area contributed by atoms with Crippen LogP contribution in [0.1, 0.15) is 67.2 Å². The molecular weight excluding hydrogens is 436 g/mol. The second kappa shape index (κ2) is 10.6. The Morgan fingerprint density at radius 2 is 1.47 bits per heavy atom. The highest BCUT2D eigenvalue weighted by molar-refractivity contribution is 5.65. The molecule has 1 fully saturated rings. The molecule has 0 amide bonds. The van der Waals surface area contributed by atoms with E-state index in [9.17, 15) is 13.2 Å². The monoisotopic (exact) mass is 466 g/mol. The van der Waals surface area contributed by atoms with Gasteiger partial charge in [0.2, 0.25) is 0 Å². The van der Waals surface area contributed by atoms with Crippen molar-refractivity contribution in [3.05, 3.63) is 100 Å². The largest absolute Gasteiger partial charge is 0.203 e. The van der Waals surface area contributed by atoms with Crippen LogP contribution < -0.4 is 0 Å². The summed E-state index contributed by atoms with van der Waals surface area (Å²) in [6.45, 7) is 3.64. The van der Waals surface area contributed by atoms with E-state index in [2.05, 4.69) is 6.92 Å². The average Bonchev–Trinajstić information content (AvgIpc) is 2.85. The fourth-order valence-corrected chi connectivity index (χ4v) is 4.89. The minimum atomic E-state index is -0.831. The van der Waals surface area contributed by atoms with Crippen LogP contribution >= 0.6 is 0 Å². The van der Waals surface area contributed by atoms with Crippen LogP contribution in [0.3, 0.4) is 0 Å². The van der Waals surface area contributed by atoms with Gasteiger partial charge in [0.1, 0.15) is 0 Å². The standard InChI is InChI=1S/C30H30F4/c1-3-4-20-6-12-22(13-7-20)25-17-18-26(30(34)29(25)33)23-14-8-21(9-15-23)10-16-24-11-5-19(2)27(31)28(24)32/h5-7,10-13,16-18,21,23H,3-4,8-9,14-15H2,1-2H3. The van der Waals surface area contributed by atoms with Gasteiger partial charge in [-0.2, -0.15) is 0 Å². The third-order valence-electron chi connectivity index (χ3n) is 6.98. The predicted molar refractivity (Wildman–Crippen MR) is 131 cm³/mol. The number of hydrogen-bond donors (Lipinski definition) is 0. The first-order valence-electron chi connectivity index (χ1n) is 12.1. The van der Waals surface area contributed by atoms with Crippen molar-refractivity contribution in [1.29, 1.82) is 0 Å². The van der Waals surface area contributed by atoms with Crippen LogP contribution in [0.25, 0.3) is 17.2 Å². The summed E-state index contributed by atoms with van der Waals surface area (Å²) in [5.74, 6) is -3.04. The van der Waals surface area contributed by atoms with Crippen molar-refractivity contribution in [3.8, 4) is 11.1 Å². The Morgan fingerprint density at radius 3 is 2.15 bits per heavy atom. The minimum absolute atomic E-state index is 0.0475. The van der Waals surface area contributed by atoms with Gasteiger partial charge in [0.15, 0.2) is 23.3 Å². The summed E-state index contributed by atoms with van der Waals surface area (Å²) in [4.78, 5) is 0. The third-order valence-corrected chi connectivity index (χ3v) is 6.98. The van der Waals surface area contributed by atoms with Gasteiger partial charge in [0.05, 0.1) is 0 Å². The SMILES string of the molecule is CCCc1ccc(-c2ccc(C3CCC(C=Cc4ccc(C)c(F)c4F)CC3)c(F)c2F)cc1. The summed E-state index contributed by atoms with van der Waals surface area (Å²) in [5, 5.41) is 0. The van der Waals surface area contributed by atoms with Crippen LogP contribution in [0.2, 0.25) is 0 Å². The van der Waals surface area contributed by atoms with Gasteiger partial charge in [-0.15, -0.1) is 0 Å². The van der Waals surface area contributed by atoms with Crippen LogP contribution in [0.15, 0.2) is 54.6 Å². The number of halogens is 4.